The lowest BCUT2D eigenvalue weighted by molar-refractivity contribution is 0.580. The van der Waals surface area contributed by atoms with Crippen LogP contribution in [0.3, 0.4) is 0 Å². The summed E-state index contributed by atoms with van der Waals surface area (Å²) in [6.07, 6.45) is 0. The van der Waals surface area contributed by atoms with Crippen molar-refractivity contribution >= 4 is 15.7 Å². The molecule has 0 radical (unpaired) electrons. The van der Waals surface area contributed by atoms with Crippen molar-refractivity contribution in [3.63, 3.8) is 0 Å². The number of aryl methyl sites for hydroxylation is 1. The van der Waals surface area contributed by atoms with Crippen LogP contribution < -0.4 is 10.0 Å². The van der Waals surface area contributed by atoms with Gasteiger partial charge in [-0.3, -0.25) is 4.98 Å². The van der Waals surface area contributed by atoms with E-state index in [1.165, 1.54) is 0 Å². The van der Waals surface area contributed by atoms with E-state index in [2.05, 4.69) is 15.0 Å². The van der Waals surface area contributed by atoms with Crippen LogP contribution in [0, 0.1) is 6.92 Å². The standard InChI is InChI=1S/C14H17N3O2S/c1-11-6-5-7-12(17-11)10-16-20(18,19)14-9-4-3-8-13(14)15-2/h3-9,15-16H,10H2,1-2H3. The highest BCUT2D eigenvalue weighted by molar-refractivity contribution is 7.89. The predicted octanol–water partition coefficient (Wildman–Crippen LogP) is 1.91. The highest BCUT2D eigenvalue weighted by Crippen LogP contribution is 2.19. The Balaban J connectivity index is 2.19. The van der Waals surface area contributed by atoms with Crippen LogP contribution in [0.2, 0.25) is 0 Å². The number of nitrogens with one attached hydrogen (secondary N) is 2. The van der Waals surface area contributed by atoms with Crippen LogP contribution in [-0.2, 0) is 16.6 Å². The number of benzene rings is 1. The summed E-state index contributed by atoms with van der Waals surface area (Å²) in [6, 6.07) is 12.3. The minimum absolute atomic E-state index is 0.169. The molecule has 0 spiro atoms. The molecular weight excluding hydrogens is 274 g/mol. The largest absolute Gasteiger partial charge is 0.387 e. The molecule has 0 atom stereocenters. The summed E-state index contributed by atoms with van der Waals surface area (Å²) in [4.78, 5) is 4.50. The fraction of sp³-hybridized carbons (Fsp3) is 0.214. The van der Waals surface area contributed by atoms with Crippen molar-refractivity contribution in [2.45, 2.75) is 18.4 Å². The Bertz CT molecular complexity index is 699. The number of hydrogen-bond acceptors (Lipinski definition) is 4. The minimum atomic E-state index is -3.57. The van der Waals surface area contributed by atoms with Gasteiger partial charge in [0.15, 0.2) is 0 Å². The number of rotatable bonds is 5. The summed E-state index contributed by atoms with van der Waals surface area (Å²) >= 11 is 0. The van der Waals surface area contributed by atoms with Crippen LogP contribution in [0.25, 0.3) is 0 Å². The Morgan fingerprint density at radius 2 is 1.85 bits per heavy atom. The van der Waals surface area contributed by atoms with Crippen LogP contribution in [0.15, 0.2) is 47.4 Å². The van der Waals surface area contributed by atoms with E-state index in [0.717, 1.165) is 5.69 Å². The summed E-state index contributed by atoms with van der Waals surface area (Å²) < 4.78 is 27.1. The van der Waals surface area contributed by atoms with E-state index in [1.54, 1.807) is 37.4 Å². The molecule has 1 heterocycles. The molecule has 0 fully saturated rings. The Kier molecular flexibility index (Phi) is 4.36. The maximum atomic E-state index is 12.3. The first-order valence-corrected chi connectivity index (χ1v) is 7.70. The van der Waals surface area contributed by atoms with E-state index in [0.29, 0.717) is 11.4 Å². The third-order valence-electron chi connectivity index (χ3n) is 2.84. The van der Waals surface area contributed by atoms with Gasteiger partial charge in [-0.1, -0.05) is 18.2 Å². The maximum Gasteiger partial charge on any atom is 0.242 e. The lowest BCUT2D eigenvalue weighted by Gasteiger charge is -2.11. The number of para-hydroxylation sites is 1. The summed E-state index contributed by atoms with van der Waals surface area (Å²) in [5.41, 5.74) is 2.12. The second-order valence-electron chi connectivity index (χ2n) is 4.34. The summed E-state index contributed by atoms with van der Waals surface area (Å²) in [5, 5.41) is 2.87. The first-order valence-electron chi connectivity index (χ1n) is 6.22. The van der Waals surface area contributed by atoms with E-state index >= 15 is 0 Å². The van der Waals surface area contributed by atoms with E-state index < -0.39 is 10.0 Å². The molecule has 2 aromatic rings. The average molecular weight is 291 g/mol. The third-order valence-corrected chi connectivity index (χ3v) is 4.29. The van der Waals surface area contributed by atoms with Gasteiger partial charge in [-0.2, -0.15) is 0 Å². The normalized spacial score (nSPS) is 11.3. The van der Waals surface area contributed by atoms with Crippen LogP contribution in [-0.4, -0.2) is 20.4 Å². The third kappa shape index (κ3) is 3.34. The van der Waals surface area contributed by atoms with Gasteiger partial charge in [-0.05, 0) is 31.2 Å². The van der Waals surface area contributed by atoms with E-state index in [-0.39, 0.29) is 11.4 Å². The van der Waals surface area contributed by atoms with Gasteiger partial charge in [0.1, 0.15) is 4.90 Å². The molecule has 0 aliphatic rings. The van der Waals surface area contributed by atoms with Gasteiger partial charge in [0, 0.05) is 12.7 Å². The first-order chi connectivity index (χ1) is 9.53. The average Bonchev–Trinajstić information content (AvgIpc) is 2.45. The number of nitrogens with zero attached hydrogens (tertiary/aromatic N) is 1. The zero-order valence-corrected chi connectivity index (χ0v) is 12.2. The minimum Gasteiger partial charge on any atom is -0.387 e. The number of sulfonamides is 1. The Hall–Kier alpha value is -1.92. The first kappa shape index (κ1) is 14.5. The zero-order valence-electron chi connectivity index (χ0n) is 11.4. The van der Waals surface area contributed by atoms with Gasteiger partial charge in [0.25, 0.3) is 0 Å². The molecule has 1 aromatic heterocycles. The van der Waals surface area contributed by atoms with Crippen molar-refractivity contribution in [2.24, 2.45) is 0 Å². The summed E-state index contributed by atoms with van der Waals surface area (Å²) in [5.74, 6) is 0. The molecule has 0 saturated carbocycles. The van der Waals surface area contributed by atoms with Crippen LogP contribution >= 0.6 is 0 Å². The molecular formula is C14H17N3O2S. The topological polar surface area (TPSA) is 71.1 Å². The number of hydrogen-bond donors (Lipinski definition) is 2. The van der Waals surface area contributed by atoms with E-state index in [1.807, 2.05) is 19.1 Å². The molecule has 1 aromatic carbocycles. The second-order valence-corrected chi connectivity index (χ2v) is 6.08. The quantitative estimate of drug-likeness (QED) is 0.883. The van der Waals surface area contributed by atoms with Crippen LogP contribution in [0.1, 0.15) is 11.4 Å². The molecule has 106 valence electrons. The second kappa shape index (κ2) is 6.02. The highest BCUT2D eigenvalue weighted by Gasteiger charge is 2.17. The van der Waals surface area contributed by atoms with Gasteiger partial charge >= 0.3 is 0 Å². The van der Waals surface area contributed by atoms with E-state index in [9.17, 15) is 8.42 Å². The SMILES string of the molecule is CNc1ccccc1S(=O)(=O)NCc1cccc(C)n1. The fourth-order valence-corrected chi connectivity index (χ4v) is 3.06. The smallest absolute Gasteiger partial charge is 0.242 e. The van der Waals surface area contributed by atoms with Crippen molar-refractivity contribution in [1.82, 2.24) is 9.71 Å². The molecule has 0 unspecified atom stereocenters. The van der Waals surface area contributed by atoms with Gasteiger partial charge in [0.05, 0.1) is 17.9 Å². The number of aromatic nitrogens is 1. The van der Waals surface area contributed by atoms with Crippen LogP contribution in [0.5, 0.6) is 0 Å². The summed E-state index contributed by atoms with van der Waals surface area (Å²) in [7, 11) is -1.88. The molecule has 0 saturated heterocycles. The zero-order chi connectivity index (χ0) is 14.6. The maximum absolute atomic E-state index is 12.3. The molecule has 0 aliphatic heterocycles. The lowest BCUT2D eigenvalue weighted by Crippen LogP contribution is -2.24. The molecule has 2 N–H and O–H groups in total. The lowest BCUT2D eigenvalue weighted by atomic mass is 10.3. The van der Waals surface area contributed by atoms with Crippen molar-refractivity contribution in [3.8, 4) is 0 Å². The van der Waals surface area contributed by atoms with Crippen molar-refractivity contribution in [3.05, 3.63) is 53.9 Å². The van der Waals surface area contributed by atoms with E-state index in [4.69, 9.17) is 0 Å². The molecule has 2 rings (SSSR count). The molecule has 20 heavy (non-hydrogen) atoms. The fourth-order valence-electron chi connectivity index (χ4n) is 1.85. The van der Waals surface area contributed by atoms with Crippen molar-refractivity contribution < 1.29 is 8.42 Å². The Morgan fingerprint density at radius 1 is 1.10 bits per heavy atom. The Labute approximate surface area is 119 Å². The van der Waals surface area contributed by atoms with Crippen molar-refractivity contribution in [2.75, 3.05) is 12.4 Å². The number of anilines is 1. The monoisotopic (exact) mass is 291 g/mol. The molecule has 0 amide bonds. The highest BCUT2D eigenvalue weighted by atomic mass is 32.2. The Morgan fingerprint density at radius 3 is 2.55 bits per heavy atom. The predicted molar refractivity (Wildman–Crippen MR) is 79.0 cm³/mol. The van der Waals surface area contributed by atoms with Gasteiger partial charge < -0.3 is 5.32 Å². The van der Waals surface area contributed by atoms with Gasteiger partial charge in [0.2, 0.25) is 10.0 Å². The van der Waals surface area contributed by atoms with Crippen molar-refractivity contribution in [1.29, 1.82) is 0 Å². The van der Waals surface area contributed by atoms with Gasteiger partial charge in [-0.25, -0.2) is 13.1 Å². The molecule has 0 aliphatic carbocycles. The molecule has 6 heteroatoms. The summed E-state index contributed by atoms with van der Waals surface area (Å²) in [6.45, 7) is 2.04. The molecule has 0 bridgehead atoms. The molecule has 5 nitrogen and oxygen atoms in total. The number of pyridine rings is 1. The van der Waals surface area contributed by atoms with Gasteiger partial charge in [-0.15, -0.1) is 0 Å². The van der Waals surface area contributed by atoms with Crippen LogP contribution in [0.4, 0.5) is 5.69 Å².